The van der Waals surface area contributed by atoms with Crippen LogP contribution < -0.4 is 10.2 Å². The molecule has 0 aliphatic carbocycles. The average molecular weight is 318 g/mol. The molecule has 2 heterocycles. The fraction of sp³-hybridized carbons (Fsp3) is 0.667. The smallest absolute Gasteiger partial charge is 0.495 e. The zero-order valence-corrected chi connectivity index (χ0v) is 14.8. The van der Waals surface area contributed by atoms with Crippen molar-refractivity contribution in [3.63, 3.8) is 0 Å². The van der Waals surface area contributed by atoms with Crippen molar-refractivity contribution in [3.8, 4) is 5.75 Å². The minimum absolute atomic E-state index is 0.335. The zero-order valence-electron chi connectivity index (χ0n) is 14.8. The molecule has 3 rings (SSSR count). The van der Waals surface area contributed by atoms with Gasteiger partial charge in [0.1, 0.15) is 5.75 Å². The lowest BCUT2D eigenvalue weighted by atomic mass is 9.72. The highest BCUT2D eigenvalue weighted by Gasteiger charge is 2.52. The van der Waals surface area contributed by atoms with Crippen LogP contribution in [0.4, 0.5) is 0 Å². The highest BCUT2D eigenvalue weighted by molar-refractivity contribution is 6.62. The summed E-state index contributed by atoms with van der Waals surface area (Å²) < 4.78 is 23.6. The molecule has 2 saturated heterocycles. The first-order valence-corrected chi connectivity index (χ1v) is 8.45. The first-order valence-electron chi connectivity index (χ1n) is 8.45. The van der Waals surface area contributed by atoms with Crippen molar-refractivity contribution in [3.05, 3.63) is 23.8 Å². The largest absolute Gasteiger partial charge is 0.497 e. The molecule has 0 amide bonds. The van der Waals surface area contributed by atoms with Gasteiger partial charge in [-0.15, -0.1) is 0 Å². The molecule has 5 heteroatoms. The molecule has 2 aliphatic rings. The van der Waals surface area contributed by atoms with Crippen LogP contribution in [-0.4, -0.2) is 38.6 Å². The molecular formula is C18H27BO4. The van der Waals surface area contributed by atoms with E-state index in [0.29, 0.717) is 5.92 Å². The van der Waals surface area contributed by atoms with Crippen LogP contribution in [0.15, 0.2) is 18.2 Å². The molecule has 0 N–H and O–H groups in total. The van der Waals surface area contributed by atoms with Crippen molar-refractivity contribution >= 4 is 12.6 Å². The first-order chi connectivity index (χ1) is 10.8. The minimum atomic E-state index is -0.345. The summed E-state index contributed by atoms with van der Waals surface area (Å²) in [5.41, 5.74) is 1.65. The third kappa shape index (κ3) is 3.15. The van der Waals surface area contributed by atoms with Crippen molar-refractivity contribution in [1.82, 2.24) is 0 Å². The van der Waals surface area contributed by atoms with Crippen molar-refractivity contribution in [1.29, 1.82) is 0 Å². The number of ether oxygens (including phenoxy) is 2. The normalized spacial score (nSPS) is 26.3. The fourth-order valence-corrected chi connectivity index (χ4v) is 3.20. The van der Waals surface area contributed by atoms with E-state index in [-0.39, 0.29) is 18.3 Å². The Labute approximate surface area is 139 Å². The quantitative estimate of drug-likeness (QED) is 0.803. The van der Waals surface area contributed by atoms with Gasteiger partial charge in [0.05, 0.1) is 24.9 Å². The van der Waals surface area contributed by atoms with Crippen molar-refractivity contribution < 1.29 is 18.8 Å². The Hall–Kier alpha value is -1.04. The summed E-state index contributed by atoms with van der Waals surface area (Å²) in [6, 6.07) is 6.16. The number of methoxy groups -OCH3 is 1. The number of benzene rings is 1. The van der Waals surface area contributed by atoms with Gasteiger partial charge in [0.2, 0.25) is 0 Å². The molecule has 1 aromatic carbocycles. The van der Waals surface area contributed by atoms with Gasteiger partial charge in [-0.3, -0.25) is 0 Å². The van der Waals surface area contributed by atoms with Gasteiger partial charge in [-0.05, 0) is 63.7 Å². The van der Waals surface area contributed by atoms with Crippen molar-refractivity contribution in [2.45, 2.75) is 57.7 Å². The maximum atomic E-state index is 6.25. The summed E-state index contributed by atoms with van der Waals surface area (Å²) in [7, 11) is 1.35. The molecule has 1 aromatic rings. The van der Waals surface area contributed by atoms with E-state index in [9.17, 15) is 0 Å². The summed E-state index contributed by atoms with van der Waals surface area (Å²) in [5.74, 6) is 1.23. The maximum Gasteiger partial charge on any atom is 0.495 e. The maximum absolute atomic E-state index is 6.25. The van der Waals surface area contributed by atoms with E-state index in [0.717, 1.165) is 37.3 Å². The van der Waals surface area contributed by atoms with Gasteiger partial charge in [-0.1, -0.05) is 6.07 Å². The Morgan fingerprint density at radius 3 is 2.39 bits per heavy atom. The van der Waals surface area contributed by atoms with Gasteiger partial charge in [0.15, 0.2) is 0 Å². The number of rotatable bonds is 3. The summed E-state index contributed by atoms with van der Waals surface area (Å²) in [6.45, 7) is 9.94. The molecule has 23 heavy (non-hydrogen) atoms. The fourth-order valence-electron chi connectivity index (χ4n) is 3.20. The van der Waals surface area contributed by atoms with Crippen LogP contribution in [0, 0.1) is 0 Å². The van der Waals surface area contributed by atoms with Crippen LogP contribution >= 0.6 is 0 Å². The van der Waals surface area contributed by atoms with Gasteiger partial charge in [0, 0.05) is 12.5 Å². The average Bonchev–Trinajstić information content (AvgIpc) is 2.75. The zero-order chi connectivity index (χ0) is 16.7. The lowest BCUT2D eigenvalue weighted by molar-refractivity contribution is 0.00578. The van der Waals surface area contributed by atoms with Crippen LogP contribution in [0.5, 0.6) is 5.75 Å². The number of hydrogen-bond acceptors (Lipinski definition) is 4. The second kappa shape index (κ2) is 6.12. The molecule has 126 valence electrons. The molecule has 0 aromatic heterocycles. The molecule has 0 radical (unpaired) electrons. The van der Waals surface area contributed by atoms with E-state index in [1.807, 2.05) is 6.07 Å². The Bertz CT molecular complexity index is 548. The van der Waals surface area contributed by atoms with Crippen LogP contribution in [0.2, 0.25) is 0 Å². The third-order valence-corrected chi connectivity index (χ3v) is 5.40. The summed E-state index contributed by atoms with van der Waals surface area (Å²) >= 11 is 0. The van der Waals surface area contributed by atoms with E-state index < -0.39 is 0 Å². The van der Waals surface area contributed by atoms with E-state index in [1.54, 1.807) is 7.11 Å². The van der Waals surface area contributed by atoms with Crippen LogP contribution in [0.3, 0.4) is 0 Å². The predicted octanol–water partition coefficient (Wildman–Crippen LogP) is 2.89. The molecule has 0 saturated carbocycles. The highest BCUT2D eigenvalue weighted by atomic mass is 16.7. The topological polar surface area (TPSA) is 36.9 Å². The van der Waals surface area contributed by atoms with Crippen LogP contribution in [0.1, 0.15) is 52.0 Å². The van der Waals surface area contributed by atoms with Gasteiger partial charge >= 0.3 is 7.12 Å². The Morgan fingerprint density at radius 2 is 1.83 bits per heavy atom. The SMILES string of the molecule is COc1ccc(B2OC(C)(C)C(C)(C)O2)c(C2CCCOC2)c1. The monoisotopic (exact) mass is 318 g/mol. The number of hydrogen-bond donors (Lipinski definition) is 0. The minimum Gasteiger partial charge on any atom is -0.497 e. The van der Waals surface area contributed by atoms with E-state index in [2.05, 4.69) is 39.8 Å². The second-order valence-electron chi connectivity index (χ2n) is 7.50. The predicted molar refractivity (Wildman–Crippen MR) is 91.5 cm³/mol. The Morgan fingerprint density at radius 1 is 1.13 bits per heavy atom. The molecule has 0 bridgehead atoms. The van der Waals surface area contributed by atoms with Crippen molar-refractivity contribution in [2.24, 2.45) is 0 Å². The van der Waals surface area contributed by atoms with Crippen LogP contribution in [0.25, 0.3) is 0 Å². The summed E-state index contributed by atoms with van der Waals surface area (Å²) in [4.78, 5) is 0. The molecule has 2 aliphatic heterocycles. The lowest BCUT2D eigenvalue weighted by Gasteiger charge is -2.32. The Balaban J connectivity index is 1.95. The summed E-state index contributed by atoms with van der Waals surface area (Å²) in [6.07, 6.45) is 2.21. The molecule has 1 atom stereocenters. The molecule has 2 fully saturated rings. The standard InChI is InChI=1S/C18H27BO4/c1-17(2)18(3,4)23-19(22-17)16-9-8-14(20-5)11-15(16)13-7-6-10-21-12-13/h8-9,11,13H,6-7,10,12H2,1-5H3. The highest BCUT2D eigenvalue weighted by Crippen LogP contribution is 2.38. The molecule has 4 nitrogen and oxygen atoms in total. The van der Waals surface area contributed by atoms with Crippen molar-refractivity contribution in [2.75, 3.05) is 20.3 Å². The molecular weight excluding hydrogens is 291 g/mol. The van der Waals surface area contributed by atoms with Gasteiger partial charge in [0.25, 0.3) is 0 Å². The lowest BCUT2D eigenvalue weighted by Crippen LogP contribution is -2.41. The summed E-state index contributed by atoms with van der Waals surface area (Å²) in [5, 5.41) is 0. The molecule has 0 spiro atoms. The van der Waals surface area contributed by atoms with E-state index in [4.69, 9.17) is 18.8 Å². The first kappa shape index (κ1) is 16.8. The van der Waals surface area contributed by atoms with Crippen LogP contribution in [-0.2, 0) is 14.0 Å². The van der Waals surface area contributed by atoms with Gasteiger partial charge in [-0.25, -0.2) is 0 Å². The van der Waals surface area contributed by atoms with Gasteiger partial charge < -0.3 is 18.8 Å². The van der Waals surface area contributed by atoms with E-state index in [1.165, 1.54) is 5.56 Å². The van der Waals surface area contributed by atoms with E-state index >= 15 is 0 Å². The third-order valence-electron chi connectivity index (χ3n) is 5.40. The second-order valence-corrected chi connectivity index (χ2v) is 7.50. The van der Waals surface area contributed by atoms with Gasteiger partial charge in [-0.2, -0.15) is 0 Å². The molecule has 1 unspecified atom stereocenters. The Kier molecular flexibility index (Phi) is 4.47.